The predicted molar refractivity (Wildman–Crippen MR) is 69.9 cm³/mol. The SMILES string of the molecule is CC(C)SCc1noc([C@@H](N)Cc2cnc[nH]2)n1. The minimum Gasteiger partial charge on any atom is -0.348 e. The Kier molecular flexibility index (Phi) is 4.38. The maximum Gasteiger partial charge on any atom is 0.243 e. The van der Waals surface area contributed by atoms with Gasteiger partial charge in [0.15, 0.2) is 5.82 Å². The molecule has 6 nitrogen and oxygen atoms in total. The minimum atomic E-state index is -0.296. The Morgan fingerprint density at radius 2 is 2.33 bits per heavy atom. The first-order valence-electron chi connectivity index (χ1n) is 5.82. The van der Waals surface area contributed by atoms with Crippen LogP contribution < -0.4 is 5.73 Å². The van der Waals surface area contributed by atoms with Crippen LogP contribution in [0.5, 0.6) is 0 Å². The molecule has 0 unspecified atom stereocenters. The van der Waals surface area contributed by atoms with E-state index in [0.29, 0.717) is 23.4 Å². The number of nitrogens with zero attached hydrogens (tertiary/aromatic N) is 3. The summed E-state index contributed by atoms with van der Waals surface area (Å²) in [5.74, 6) is 1.92. The topological polar surface area (TPSA) is 93.6 Å². The molecule has 3 N–H and O–H groups in total. The molecular formula is C11H17N5OS. The summed E-state index contributed by atoms with van der Waals surface area (Å²) in [6.45, 7) is 4.27. The van der Waals surface area contributed by atoms with Crippen molar-refractivity contribution >= 4 is 11.8 Å². The quantitative estimate of drug-likeness (QED) is 0.827. The lowest BCUT2D eigenvalue weighted by molar-refractivity contribution is 0.350. The molecule has 0 aromatic carbocycles. The molecule has 0 saturated carbocycles. The molecule has 2 aromatic heterocycles. The van der Waals surface area contributed by atoms with Crippen molar-refractivity contribution in [3.63, 3.8) is 0 Å². The second-order valence-electron chi connectivity index (χ2n) is 4.30. The number of rotatable bonds is 6. The molecule has 7 heteroatoms. The third-order valence-electron chi connectivity index (χ3n) is 2.34. The van der Waals surface area contributed by atoms with Crippen LogP contribution in [0.4, 0.5) is 0 Å². The zero-order chi connectivity index (χ0) is 13.0. The minimum absolute atomic E-state index is 0.296. The van der Waals surface area contributed by atoms with Crippen molar-refractivity contribution in [2.24, 2.45) is 5.73 Å². The lowest BCUT2D eigenvalue weighted by Gasteiger charge is -2.03. The molecule has 2 aromatic rings. The number of aromatic nitrogens is 4. The van der Waals surface area contributed by atoms with Crippen LogP contribution in [0.2, 0.25) is 0 Å². The highest BCUT2D eigenvalue weighted by molar-refractivity contribution is 7.99. The van der Waals surface area contributed by atoms with Crippen LogP contribution in [0, 0.1) is 0 Å². The summed E-state index contributed by atoms with van der Waals surface area (Å²) in [6, 6.07) is -0.296. The molecular weight excluding hydrogens is 250 g/mol. The van der Waals surface area contributed by atoms with Crippen LogP contribution in [0.3, 0.4) is 0 Å². The fourth-order valence-electron chi connectivity index (χ4n) is 1.44. The first kappa shape index (κ1) is 13.1. The number of hydrogen-bond acceptors (Lipinski definition) is 6. The predicted octanol–water partition coefficient (Wildman–Crippen LogP) is 1.68. The second-order valence-corrected chi connectivity index (χ2v) is 5.86. The summed E-state index contributed by atoms with van der Waals surface area (Å²) in [5.41, 5.74) is 6.96. The molecule has 2 rings (SSSR count). The zero-order valence-corrected chi connectivity index (χ0v) is 11.3. The summed E-state index contributed by atoms with van der Waals surface area (Å²) in [5, 5.41) is 4.47. The lowest BCUT2D eigenvalue weighted by atomic mass is 10.2. The van der Waals surface area contributed by atoms with Crippen LogP contribution in [-0.4, -0.2) is 25.4 Å². The Balaban J connectivity index is 1.92. The van der Waals surface area contributed by atoms with Gasteiger partial charge >= 0.3 is 0 Å². The molecule has 0 saturated heterocycles. The van der Waals surface area contributed by atoms with Crippen LogP contribution in [0.15, 0.2) is 17.0 Å². The van der Waals surface area contributed by atoms with Crippen LogP contribution >= 0.6 is 11.8 Å². The van der Waals surface area contributed by atoms with E-state index in [0.717, 1.165) is 11.4 Å². The van der Waals surface area contributed by atoms with Gasteiger partial charge in [0.1, 0.15) is 0 Å². The first-order chi connectivity index (χ1) is 8.65. The normalized spacial score (nSPS) is 13.1. The Bertz CT molecular complexity index is 467. The molecule has 0 bridgehead atoms. The maximum atomic E-state index is 6.00. The number of H-pyrrole nitrogens is 1. The zero-order valence-electron chi connectivity index (χ0n) is 10.5. The molecule has 0 radical (unpaired) electrons. The van der Waals surface area contributed by atoms with E-state index in [-0.39, 0.29) is 6.04 Å². The van der Waals surface area contributed by atoms with E-state index < -0.39 is 0 Å². The average molecular weight is 267 g/mol. The summed E-state index contributed by atoms with van der Waals surface area (Å²) < 4.78 is 5.17. The monoisotopic (exact) mass is 267 g/mol. The highest BCUT2D eigenvalue weighted by Crippen LogP contribution is 2.17. The third-order valence-corrected chi connectivity index (χ3v) is 3.43. The molecule has 2 heterocycles. The Morgan fingerprint density at radius 1 is 1.50 bits per heavy atom. The highest BCUT2D eigenvalue weighted by Gasteiger charge is 2.16. The molecule has 18 heavy (non-hydrogen) atoms. The van der Waals surface area contributed by atoms with Crippen LogP contribution in [0.25, 0.3) is 0 Å². The Morgan fingerprint density at radius 3 is 3.00 bits per heavy atom. The second kappa shape index (κ2) is 6.01. The van der Waals surface area contributed by atoms with Gasteiger partial charge in [0.2, 0.25) is 5.89 Å². The molecule has 98 valence electrons. The van der Waals surface area contributed by atoms with E-state index in [9.17, 15) is 0 Å². The molecule has 0 amide bonds. The van der Waals surface area contributed by atoms with Gasteiger partial charge in [-0.15, -0.1) is 0 Å². The van der Waals surface area contributed by atoms with Crippen molar-refractivity contribution in [1.29, 1.82) is 0 Å². The number of hydrogen-bond donors (Lipinski definition) is 2. The molecule has 0 aliphatic heterocycles. The van der Waals surface area contributed by atoms with E-state index in [1.54, 1.807) is 24.3 Å². The fourth-order valence-corrected chi connectivity index (χ4v) is 2.04. The van der Waals surface area contributed by atoms with Crippen molar-refractivity contribution in [2.75, 3.05) is 0 Å². The smallest absolute Gasteiger partial charge is 0.243 e. The summed E-state index contributed by atoms with van der Waals surface area (Å²) in [6.07, 6.45) is 3.98. The molecule has 0 fully saturated rings. The molecule has 0 aliphatic carbocycles. The van der Waals surface area contributed by atoms with Gasteiger partial charge in [-0.2, -0.15) is 16.7 Å². The number of nitrogens with two attached hydrogens (primary N) is 1. The van der Waals surface area contributed by atoms with Gasteiger partial charge in [-0.1, -0.05) is 19.0 Å². The van der Waals surface area contributed by atoms with E-state index in [2.05, 4.69) is 34.0 Å². The van der Waals surface area contributed by atoms with Gasteiger partial charge < -0.3 is 15.2 Å². The number of nitrogens with one attached hydrogen (secondary N) is 1. The molecule has 1 atom stereocenters. The van der Waals surface area contributed by atoms with E-state index in [4.69, 9.17) is 10.3 Å². The fraction of sp³-hybridized carbons (Fsp3) is 0.545. The number of aromatic amines is 1. The van der Waals surface area contributed by atoms with Crippen molar-refractivity contribution in [1.82, 2.24) is 20.1 Å². The van der Waals surface area contributed by atoms with Crippen LogP contribution in [0.1, 0.15) is 37.3 Å². The van der Waals surface area contributed by atoms with E-state index in [1.807, 2.05) is 0 Å². The van der Waals surface area contributed by atoms with Crippen LogP contribution in [-0.2, 0) is 12.2 Å². The first-order valence-corrected chi connectivity index (χ1v) is 6.87. The number of thioether (sulfide) groups is 1. The van der Waals surface area contributed by atoms with Gasteiger partial charge in [0.25, 0.3) is 0 Å². The summed E-state index contributed by atoms with van der Waals surface area (Å²) in [7, 11) is 0. The van der Waals surface area contributed by atoms with Crippen molar-refractivity contribution in [3.8, 4) is 0 Å². The molecule has 0 aliphatic rings. The largest absolute Gasteiger partial charge is 0.348 e. The van der Waals surface area contributed by atoms with E-state index in [1.165, 1.54) is 0 Å². The standard InChI is InChI=1S/C11H17N5OS/c1-7(2)18-5-10-15-11(17-16-10)9(12)3-8-4-13-6-14-8/h4,6-7,9H,3,5,12H2,1-2H3,(H,13,14)/t9-/m0/s1. The molecule has 0 spiro atoms. The Labute approximate surface area is 110 Å². The third kappa shape index (κ3) is 3.58. The highest BCUT2D eigenvalue weighted by atomic mass is 32.2. The lowest BCUT2D eigenvalue weighted by Crippen LogP contribution is -2.14. The van der Waals surface area contributed by atoms with Crippen molar-refractivity contribution in [2.45, 2.75) is 37.3 Å². The average Bonchev–Trinajstić information content (AvgIpc) is 2.96. The van der Waals surface area contributed by atoms with Gasteiger partial charge in [-0.05, 0) is 5.25 Å². The van der Waals surface area contributed by atoms with Gasteiger partial charge in [0.05, 0.1) is 18.1 Å². The Hall–Kier alpha value is -1.34. The summed E-state index contributed by atoms with van der Waals surface area (Å²) >= 11 is 1.77. The number of imidazole rings is 1. The maximum absolute atomic E-state index is 6.00. The van der Waals surface area contributed by atoms with E-state index >= 15 is 0 Å². The summed E-state index contributed by atoms with van der Waals surface area (Å²) in [4.78, 5) is 11.2. The van der Waals surface area contributed by atoms with Gasteiger partial charge in [0, 0.05) is 18.3 Å². The van der Waals surface area contributed by atoms with Gasteiger partial charge in [-0.25, -0.2) is 4.98 Å². The van der Waals surface area contributed by atoms with Crippen molar-refractivity contribution in [3.05, 3.63) is 29.9 Å². The van der Waals surface area contributed by atoms with Gasteiger partial charge in [-0.3, -0.25) is 0 Å². The van der Waals surface area contributed by atoms with Crippen molar-refractivity contribution < 1.29 is 4.52 Å².